The molecule has 0 N–H and O–H groups in total. The van der Waals surface area contributed by atoms with Crippen molar-refractivity contribution in [1.82, 2.24) is 0 Å². The summed E-state index contributed by atoms with van der Waals surface area (Å²) in [6, 6.07) is 12.6. The van der Waals surface area contributed by atoms with Crippen LogP contribution in [0, 0.1) is 0 Å². The summed E-state index contributed by atoms with van der Waals surface area (Å²) in [7, 11) is 5.45. The van der Waals surface area contributed by atoms with Crippen LogP contribution in [-0.2, 0) is 6.54 Å². The Kier molecular flexibility index (Phi) is 5.66. The van der Waals surface area contributed by atoms with Crippen molar-refractivity contribution >= 4 is 16.5 Å². The molecule has 0 saturated heterocycles. The smallest absolute Gasteiger partial charge is 1.00 e. The monoisotopic (exact) mass is 391 g/mol. The van der Waals surface area contributed by atoms with Gasteiger partial charge in [0.2, 0.25) is 6.79 Å². The predicted octanol–water partition coefficient (Wildman–Crippen LogP) is -1.79. The van der Waals surface area contributed by atoms with Gasteiger partial charge >= 0.3 is 29.6 Å². The molecule has 3 aromatic carbocycles. The molecule has 140 valence electrons. The maximum Gasteiger partial charge on any atom is 1.00 e. The van der Waals surface area contributed by atoms with Crippen LogP contribution in [0.25, 0.3) is 21.9 Å². The first-order chi connectivity index (χ1) is 12.7. The van der Waals surface area contributed by atoms with Gasteiger partial charge in [0.1, 0.15) is 0 Å². The Bertz CT molecular complexity index is 1060. The zero-order valence-corrected chi connectivity index (χ0v) is 18.3. The molecule has 0 bridgehead atoms. The third-order valence-corrected chi connectivity index (χ3v) is 5.17. The Hall–Kier alpha value is -2.15. The van der Waals surface area contributed by atoms with Crippen LogP contribution in [0.3, 0.4) is 0 Å². The standard InChI is InChI=1S/C21H19NO4.FH.Na/c1-22-10-13-7-17(23-2)18(24-3)8-15(13)14-5-4-12-6-19-20(26-11-25-19)9-16(12)21(14)22;;/h4-9H,10-11H2,1-3H3;1H;/q;;+1/p-1. The molecule has 2 heterocycles. The van der Waals surface area contributed by atoms with E-state index >= 15 is 0 Å². The van der Waals surface area contributed by atoms with E-state index in [4.69, 9.17) is 18.9 Å². The number of hydrogen-bond donors (Lipinski definition) is 0. The van der Waals surface area contributed by atoms with E-state index in [-0.39, 0.29) is 41.1 Å². The SMILES string of the molecule is COc1cc2c(cc1OC)-c1ccc3cc4c(cc3c1N(C)C2)OCO4.[F-].[Na+]. The number of nitrogens with zero attached hydrogens (tertiary/aromatic N) is 1. The minimum atomic E-state index is 0. The number of rotatable bonds is 2. The average molecular weight is 391 g/mol. The second kappa shape index (κ2) is 7.70. The third-order valence-electron chi connectivity index (χ3n) is 5.17. The van der Waals surface area contributed by atoms with Crippen LogP contribution in [-0.4, -0.2) is 28.1 Å². The number of benzene rings is 3. The van der Waals surface area contributed by atoms with Crippen molar-refractivity contribution in [3.63, 3.8) is 0 Å². The second-order valence-electron chi connectivity index (χ2n) is 6.61. The molecule has 2 aliphatic heterocycles. The van der Waals surface area contributed by atoms with Crippen molar-refractivity contribution in [3.8, 4) is 34.1 Å². The fraction of sp³-hybridized carbons (Fsp3) is 0.238. The van der Waals surface area contributed by atoms with Gasteiger partial charge in [0.15, 0.2) is 23.0 Å². The Morgan fingerprint density at radius 3 is 2.29 bits per heavy atom. The molecule has 5 nitrogen and oxygen atoms in total. The minimum Gasteiger partial charge on any atom is -1.00 e. The number of ether oxygens (including phenoxy) is 4. The number of methoxy groups -OCH3 is 2. The molecule has 7 heteroatoms. The Morgan fingerprint density at radius 2 is 1.57 bits per heavy atom. The zero-order valence-electron chi connectivity index (χ0n) is 16.3. The molecule has 0 spiro atoms. The maximum absolute atomic E-state index is 5.59. The van der Waals surface area contributed by atoms with Gasteiger partial charge in [-0.05, 0) is 40.8 Å². The van der Waals surface area contributed by atoms with Crippen LogP contribution in [0.4, 0.5) is 5.69 Å². The van der Waals surface area contributed by atoms with Gasteiger partial charge in [0.05, 0.1) is 19.9 Å². The molecule has 0 radical (unpaired) electrons. The van der Waals surface area contributed by atoms with Gasteiger partial charge in [0.25, 0.3) is 0 Å². The first-order valence-corrected chi connectivity index (χ1v) is 8.52. The van der Waals surface area contributed by atoms with Crippen molar-refractivity contribution in [2.45, 2.75) is 6.54 Å². The molecule has 0 fully saturated rings. The molecule has 5 rings (SSSR count). The van der Waals surface area contributed by atoms with Crippen molar-refractivity contribution in [2.24, 2.45) is 0 Å². The van der Waals surface area contributed by atoms with E-state index in [1.165, 1.54) is 22.4 Å². The van der Waals surface area contributed by atoms with Crippen molar-refractivity contribution in [3.05, 3.63) is 42.0 Å². The first kappa shape index (κ1) is 20.6. The second-order valence-corrected chi connectivity index (χ2v) is 6.61. The summed E-state index contributed by atoms with van der Waals surface area (Å²) < 4.78 is 22.1. The van der Waals surface area contributed by atoms with E-state index in [0.29, 0.717) is 0 Å². The van der Waals surface area contributed by atoms with E-state index < -0.39 is 0 Å². The van der Waals surface area contributed by atoms with Crippen LogP contribution >= 0.6 is 0 Å². The summed E-state index contributed by atoms with van der Waals surface area (Å²) in [5.41, 5.74) is 4.77. The Morgan fingerprint density at radius 1 is 0.893 bits per heavy atom. The molecule has 0 amide bonds. The van der Waals surface area contributed by atoms with Crippen LogP contribution in [0.1, 0.15) is 5.56 Å². The summed E-state index contributed by atoms with van der Waals surface area (Å²) >= 11 is 0. The van der Waals surface area contributed by atoms with Gasteiger partial charge in [0, 0.05) is 24.5 Å². The van der Waals surface area contributed by atoms with Crippen LogP contribution in [0.2, 0.25) is 0 Å². The average Bonchev–Trinajstić information content (AvgIpc) is 3.12. The molecule has 3 aromatic rings. The quantitative estimate of drug-likeness (QED) is 0.483. The number of fused-ring (bicyclic) bond motifs is 6. The van der Waals surface area contributed by atoms with Crippen LogP contribution in [0.5, 0.6) is 23.0 Å². The summed E-state index contributed by atoms with van der Waals surface area (Å²) in [6.45, 7) is 1.08. The van der Waals surface area contributed by atoms with Gasteiger partial charge in [-0.3, -0.25) is 0 Å². The van der Waals surface area contributed by atoms with Crippen molar-refractivity contribution in [1.29, 1.82) is 0 Å². The predicted molar refractivity (Wildman–Crippen MR) is 101 cm³/mol. The minimum absolute atomic E-state index is 0. The number of hydrogen-bond acceptors (Lipinski definition) is 5. The fourth-order valence-electron chi connectivity index (χ4n) is 3.96. The van der Waals surface area contributed by atoms with E-state index in [2.05, 4.69) is 48.3 Å². The fourth-order valence-corrected chi connectivity index (χ4v) is 3.96. The third kappa shape index (κ3) is 2.96. The topological polar surface area (TPSA) is 40.2 Å². The molecule has 0 aliphatic carbocycles. The maximum atomic E-state index is 5.59. The Balaban J connectivity index is 0.00000112. The van der Waals surface area contributed by atoms with E-state index in [0.717, 1.165) is 40.3 Å². The number of halogens is 1. The van der Waals surface area contributed by atoms with Gasteiger partial charge in [-0.15, -0.1) is 0 Å². The number of anilines is 1. The summed E-state index contributed by atoms with van der Waals surface area (Å²) in [5, 5.41) is 2.30. The molecule has 0 unspecified atom stereocenters. The molecule has 0 saturated carbocycles. The summed E-state index contributed by atoms with van der Waals surface area (Å²) in [5.74, 6) is 3.11. The van der Waals surface area contributed by atoms with E-state index in [1.807, 2.05) is 0 Å². The van der Waals surface area contributed by atoms with Crippen molar-refractivity contribution < 1.29 is 53.2 Å². The molecule has 28 heavy (non-hydrogen) atoms. The molecule has 2 aliphatic rings. The van der Waals surface area contributed by atoms with Gasteiger partial charge < -0.3 is 28.6 Å². The van der Waals surface area contributed by atoms with E-state index in [1.54, 1.807) is 14.2 Å². The summed E-state index contributed by atoms with van der Waals surface area (Å²) in [4.78, 5) is 2.27. The molecule has 0 aromatic heterocycles. The molecule has 0 atom stereocenters. The first-order valence-electron chi connectivity index (χ1n) is 8.52. The molecular weight excluding hydrogens is 372 g/mol. The van der Waals surface area contributed by atoms with Gasteiger partial charge in [-0.25, -0.2) is 0 Å². The normalized spacial score (nSPS) is 13.2. The van der Waals surface area contributed by atoms with Gasteiger partial charge in [-0.2, -0.15) is 0 Å². The van der Waals surface area contributed by atoms with Crippen LogP contribution < -0.4 is 58.1 Å². The Labute approximate surface area is 184 Å². The zero-order chi connectivity index (χ0) is 17.8. The van der Waals surface area contributed by atoms with Crippen LogP contribution in [0.15, 0.2) is 36.4 Å². The molecular formula is C21H19FNNaO4. The van der Waals surface area contributed by atoms with E-state index in [9.17, 15) is 0 Å². The largest absolute Gasteiger partial charge is 1.00 e. The van der Waals surface area contributed by atoms with Crippen molar-refractivity contribution in [2.75, 3.05) is 33.0 Å². The summed E-state index contributed by atoms with van der Waals surface area (Å²) in [6.07, 6.45) is 0. The van der Waals surface area contributed by atoms with Gasteiger partial charge in [-0.1, -0.05) is 12.1 Å².